The molecule has 10 nitrogen and oxygen atoms in total. The van der Waals surface area contributed by atoms with Crippen LogP contribution in [0.4, 0.5) is 0 Å². The van der Waals surface area contributed by atoms with Gasteiger partial charge in [0.15, 0.2) is 5.69 Å². The molecule has 0 aromatic carbocycles. The van der Waals surface area contributed by atoms with Gasteiger partial charge in [0.05, 0.1) is 11.7 Å². The third-order valence-electron chi connectivity index (χ3n) is 1.02. The molecular weight excluding hydrogens is 222 g/mol. The predicted octanol–water partition coefficient (Wildman–Crippen LogP) is -5.33. The van der Waals surface area contributed by atoms with Crippen molar-refractivity contribution in [3.05, 3.63) is 17.5 Å². The molecule has 10 heteroatoms. The van der Waals surface area contributed by atoms with E-state index >= 15 is 0 Å². The monoisotopic (exact) mass is 233 g/mol. The number of H-pyrrole nitrogens is 1. The van der Waals surface area contributed by atoms with Gasteiger partial charge < -0.3 is 20.5 Å². The molecule has 90 valence electrons. The number of rotatable bonds is 2. The van der Waals surface area contributed by atoms with Gasteiger partial charge in [-0.3, -0.25) is 22.0 Å². The smallest absolute Gasteiger partial charge is 0.356 e. The molecule has 0 saturated carbocycles. The molecule has 0 aliphatic heterocycles. The van der Waals surface area contributed by atoms with Gasteiger partial charge in [-0.1, -0.05) is 0 Å². The Labute approximate surface area is 88.7 Å². The quantitative estimate of drug-likeness (QED) is 0.246. The summed E-state index contributed by atoms with van der Waals surface area (Å²) in [5.74, 6) is -2.85. The molecule has 0 fully saturated rings. The maximum absolute atomic E-state index is 10.1. The van der Waals surface area contributed by atoms with Crippen LogP contribution in [0.2, 0.25) is 0 Å². The molecule has 0 unspecified atom stereocenters. The minimum Gasteiger partial charge on any atom is -0.543 e. The van der Waals surface area contributed by atoms with Crippen LogP contribution in [0, 0.1) is 0 Å². The highest BCUT2D eigenvalue weighted by atomic mass is 16.4. The van der Waals surface area contributed by atoms with E-state index in [4.69, 9.17) is 5.11 Å². The highest BCUT2D eigenvalue weighted by Crippen LogP contribution is 1.97. The highest BCUT2D eigenvalue weighted by Gasteiger charge is 2.07. The number of carbonyl (C=O) groups excluding carboxylic acids is 1. The lowest BCUT2D eigenvalue weighted by molar-refractivity contribution is -0.255. The van der Waals surface area contributed by atoms with Crippen molar-refractivity contribution >= 4 is 17.9 Å². The van der Waals surface area contributed by atoms with Crippen LogP contribution < -0.4 is 22.0 Å². The summed E-state index contributed by atoms with van der Waals surface area (Å²) in [5, 5.41) is 28.1. The molecule has 0 radical (unpaired) electrons. The lowest BCUT2D eigenvalue weighted by Crippen LogP contribution is -2.51. The summed E-state index contributed by atoms with van der Waals surface area (Å²) in [6.07, 6.45) is 0. The zero-order chi connectivity index (χ0) is 12.0. The molecule has 0 bridgehead atoms. The molecule has 1 aromatic heterocycles. The van der Waals surface area contributed by atoms with Crippen LogP contribution in [0.1, 0.15) is 21.0 Å². The second kappa shape index (κ2) is 6.78. The third-order valence-corrected chi connectivity index (χ3v) is 1.02. The van der Waals surface area contributed by atoms with Gasteiger partial charge in [-0.05, 0) is 6.07 Å². The highest BCUT2D eigenvalue weighted by molar-refractivity contribution is 5.90. The van der Waals surface area contributed by atoms with Crippen LogP contribution in [-0.4, -0.2) is 38.7 Å². The van der Waals surface area contributed by atoms with Crippen LogP contribution in [0.25, 0.3) is 0 Å². The number of nitrogens with two attached hydrogens (primary N) is 3. The molecule has 10 N–H and O–H groups in total. The Hall–Kier alpha value is -2.62. The Bertz CT molecular complexity index is 354. The average Bonchev–Trinajstić information content (AvgIpc) is 2.49. The van der Waals surface area contributed by atoms with Crippen molar-refractivity contribution in [1.29, 1.82) is 0 Å². The molecule has 0 atom stereocenters. The van der Waals surface area contributed by atoms with Crippen molar-refractivity contribution < 1.29 is 30.7 Å². The first-order chi connectivity index (χ1) is 6.84. The summed E-state index contributed by atoms with van der Waals surface area (Å²) >= 11 is 0. The largest absolute Gasteiger partial charge is 0.543 e. The summed E-state index contributed by atoms with van der Waals surface area (Å²) in [6, 6.07) is 0.887. The predicted molar refractivity (Wildman–Crippen MR) is 48.8 cm³/mol. The second-order valence-corrected chi connectivity index (χ2v) is 2.26. The van der Waals surface area contributed by atoms with Crippen molar-refractivity contribution in [1.82, 2.24) is 10.2 Å². The number of carboxylic acid groups (broad SMARTS) is 2. The lowest BCUT2D eigenvalue weighted by atomic mass is 10.3. The van der Waals surface area contributed by atoms with Crippen LogP contribution >= 0.6 is 0 Å². The van der Waals surface area contributed by atoms with Gasteiger partial charge >= 0.3 is 11.9 Å². The number of carbonyl (C=O) groups is 2. The number of nitrogens with zero attached hydrogens (tertiary/aromatic N) is 1. The minimum atomic E-state index is -1.48. The first-order valence-electron chi connectivity index (χ1n) is 3.48. The number of nitrogens with one attached hydrogen (secondary N) is 1. The fourth-order valence-electron chi connectivity index (χ4n) is 0.536. The number of hydrogen-bond donors (Lipinski definition) is 5. The number of aromatic nitrogens is 2. The summed E-state index contributed by atoms with van der Waals surface area (Å²) in [6.45, 7) is 0. The summed E-state index contributed by atoms with van der Waals surface area (Å²) in [4.78, 5) is 20.2. The molecule has 0 aliphatic rings. The molecule has 16 heavy (non-hydrogen) atoms. The average molecular weight is 233 g/mol. The van der Waals surface area contributed by atoms with E-state index in [0.717, 1.165) is 6.07 Å². The van der Waals surface area contributed by atoms with Gasteiger partial charge in [-0.2, -0.15) is 5.10 Å². The molecule has 0 aliphatic carbocycles. The maximum Gasteiger partial charge on any atom is 0.356 e. The van der Waals surface area contributed by atoms with E-state index in [1.54, 1.807) is 0 Å². The van der Waals surface area contributed by atoms with Gasteiger partial charge in [0.1, 0.15) is 0 Å². The Morgan fingerprint density at radius 3 is 2.12 bits per heavy atom. The summed E-state index contributed by atoms with van der Waals surface area (Å²) in [7, 11) is 0. The number of hydrogen-bond acceptors (Lipinski definition) is 4. The topological polar surface area (TPSA) is 215 Å². The van der Waals surface area contributed by atoms with Gasteiger partial charge in [0, 0.05) is 0 Å². The first kappa shape index (κ1) is 15.8. The first-order valence-corrected chi connectivity index (χ1v) is 3.48. The molecule has 1 rings (SSSR count). The Morgan fingerprint density at radius 2 is 1.94 bits per heavy atom. The van der Waals surface area contributed by atoms with Gasteiger partial charge in [-0.25, -0.2) is 4.79 Å². The van der Waals surface area contributed by atoms with Crippen molar-refractivity contribution in [3.63, 3.8) is 0 Å². The zero-order valence-electron chi connectivity index (χ0n) is 7.93. The van der Waals surface area contributed by atoms with E-state index in [9.17, 15) is 14.7 Å². The zero-order valence-corrected chi connectivity index (χ0v) is 7.93. The fourth-order valence-corrected chi connectivity index (χ4v) is 0.536. The number of aromatic carboxylic acids is 2. The van der Waals surface area contributed by atoms with Crippen LogP contribution in [0.3, 0.4) is 0 Å². The second-order valence-electron chi connectivity index (χ2n) is 2.26. The standard InChI is InChI=1S/C5H4N2O4.CH5N3.H2O/c8-4(9)2-1-3(5(10)11)7-6-2;2-1(3)4;/h1H,(H,6,7)(H,8,9)(H,10,11);(H5,2,3,4);1H2. The molecule has 1 aromatic rings. The van der Waals surface area contributed by atoms with E-state index in [2.05, 4.69) is 22.0 Å². The molecule has 1 heterocycles. The van der Waals surface area contributed by atoms with Crippen LogP contribution in [0.15, 0.2) is 6.07 Å². The SMILES string of the molecule is NC(N)=[NH2+].O.O=C(O)c1cc(C(=O)[O-])[nH]n1. The van der Waals surface area contributed by atoms with E-state index in [1.165, 1.54) is 0 Å². The van der Waals surface area contributed by atoms with Crippen LogP contribution in [0.5, 0.6) is 0 Å². The third kappa shape index (κ3) is 5.93. The maximum atomic E-state index is 10.1. The normalized spacial score (nSPS) is 8.00. The van der Waals surface area contributed by atoms with E-state index in [0.29, 0.717) is 0 Å². The van der Waals surface area contributed by atoms with Gasteiger partial charge in [-0.15, -0.1) is 0 Å². The van der Waals surface area contributed by atoms with E-state index in [-0.39, 0.29) is 22.8 Å². The van der Waals surface area contributed by atoms with Crippen molar-refractivity contribution in [2.24, 2.45) is 11.5 Å². The Kier molecular flexibility index (Phi) is 6.71. The molecule has 0 saturated heterocycles. The minimum absolute atomic E-state index is 0. The van der Waals surface area contributed by atoms with Crippen molar-refractivity contribution in [2.75, 3.05) is 0 Å². The summed E-state index contributed by atoms with van der Waals surface area (Å²) < 4.78 is 0. The van der Waals surface area contributed by atoms with Gasteiger partial charge in [0.2, 0.25) is 0 Å². The number of aromatic amines is 1. The van der Waals surface area contributed by atoms with Crippen LogP contribution in [-0.2, 0) is 0 Å². The molecule has 0 spiro atoms. The Morgan fingerprint density at radius 1 is 1.50 bits per heavy atom. The van der Waals surface area contributed by atoms with Gasteiger partial charge in [0.25, 0.3) is 0 Å². The molecule has 0 amide bonds. The lowest BCUT2D eigenvalue weighted by Gasteiger charge is -1.91. The van der Waals surface area contributed by atoms with Crippen molar-refractivity contribution in [2.45, 2.75) is 0 Å². The fraction of sp³-hybridized carbons (Fsp3) is 0. The van der Waals surface area contributed by atoms with Crippen molar-refractivity contribution in [3.8, 4) is 0 Å². The number of guanidine groups is 1. The Balaban J connectivity index is 0. The van der Waals surface area contributed by atoms with E-state index in [1.807, 2.05) is 5.10 Å². The number of carboxylic acids is 2. The summed E-state index contributed by atoms with van der Waals surface area (Å²) in [5.41, 5.74) is 8.48. The molecular formula is C6H11N5O5. The van der Waals surface area contributed by atoms with E-state index < -0.39 is 11.9 Å².